The Kier molecular flexibility index (Phi) is 5.89. The van der Waals surface area contributed by atoms with Gasteiger partial charge in [-0.3, -0.25) is 4.79 Å². The predicted octanol–water partition coefficient (Wildman–Crippen LogP) is 5.21. The van der Waals surface area contributed by atoms with Gasteiger partial charge in [0.15, 0.2) is 0 Å². The Hall–Kier alpha value is -2.40. The van der Waals surface area contributed by atoms with Gasteiger partial charge in [-0.2, -0.15) is 0 Å². The zero-order valence-corrected chi connectivity index (χ0v) is 15.5. The van der Waals surface area contributed by atoms with Gasteiger partial charge >= 0.3 is 5.97 Å². The van der Waals surface area contributed by atoms with E-state index in [4.69, 9.17) is 0 Å². The third-order valence-corrected chi connectivity index (χ3v) is 5.97. The van der Waals surface area contributed by atoms with Gasteiger partial charge in [-0.15, -0.1) is 17.9 Å². The Morgan fingerprint density at radius 3 is 2.54 bits per heavy atom. The Labute approximate surface area is 157 Å². The van der Waals surface area contributed by atoms with Crippen molar-refractivity contribution in [1.29, 1.82) is 0 Å². The number of benzene rings is 1. The van der Waals surface area contributed by atoms with E-state index in [0.717, 1.165) is 23.3 Å². The van der Waals surface area contributed by atoms with Crippen LogP contribution in [0.4, 0.5) is 5.69 Å². The second kappa shape index (κ2) is 8.32. The van der Waals surface area contributed by atoms with Gasteiger partial charge in [-0.25, -0.2) is 4.79 Å². The molecular formula is C21H23NO3S. The van der Waals surface area contributed by atoms with Gasteiger partial charge < -0.3 is 10.0 Å². The first-order chi connectivity index (χ1) is 12.6. The number of hydrogen-bond acceptors (Lipinski definition) is 3. The van der Waals surface area contributed by atoms with Crippen LogP contribution >= 0.6 is 11.3 Å². The molecule has 1 aliphatic carbocycles. The van der Waals surface area contributed by atoms with E-state index < -0.39 is 5.97 Å². The molecular weight excluding hydrogens is 346 g/mol. The van der Waals surface area contributed by atoms with E-state index in [1.807, 2.05) is 36.4 Å². The molecule has 0 bridgehead atoms. The molecule has 1 N–H and O–H groups in total. The molecule has 0 spiro atoms. The summed E-state index contributed by atoms with van der Waals surface area (Å²) in [6.07, 6.45) is 6.64. The smallest absolute Gasteiger partial charge is 0.348 e. The molecule has 0 unspecified atom stereocenters. The fourth-order valence-electron chi connectivity index (χ4n) is 3.52. The van der Waals surface area contributed by atoms with E-state index in [-0.39, 0.29) is 10.8 Å². The standard InChI is InChI=1S/C21H23NO3S/c1-2-12-22(19(23)13-15-8-6-7-9-15)17-14-18(26-20(17)21(24)25)16-10-4-3-5-11-16/h2-5,10-11,14-15H,1,6-9,12-13H2,(H,24,25). The molecule has 0 saturated heterocycles. The van der Waals surface area contributed by atoms with Crippen molar-refractivity contribution in [2.45, 2.75) is 32.1 Å². The van der Waals surface area contributed by atoms with E-state index in [1.54, 1.807) is 11.0 Å². The molecule has 1 saturated carbocycles. The third kappa shape index (κ3) is 4.05. The van der Waals surface area contributed by atoms with Crippen molar-refractivity contribution in [3.8, 4) is 10.4 Å². The van der Waals surface area contributed by atoms with Crippen molar-refractivity contribution < 1.29 is 14.7 Å². The van der Waals surface area contributed by atoms with Crippen LogP contribution in [0.3, 0.4) is 0 Å². The number of carboxylic acid groups (broad SMARTS) is 1. The largest absolute Gasteiger partial charge is 0.477 e. The highest BCUT2D eigenvalue weighted by Gasteiger charge is 2.27. The van der Waals surface area contributed by atoms with Gasteiger partial charge in [0.1, 0.15) is 4.88 Å². The monoisotopic (exact) mass is 369 g/mol. The molecule has 26 heavy (non-hydrogen) atoms. The fraction of sp³-hybridized carbons (Fsp3) is 0.333. The van der Waals surface area contributed by atoms with Crippen molar-refractivity contribution in [2.75, 3.05) is 11.4 Å². The van der Waals surface area contributed by atoms with Gasteiger partial charge in [-0.05, 0) is 30.4 Å². The summed E-state index contributed by atoms with van der Waals surface area (Å²) >= 11 is 1.21. The normalized spacial score (nSPS) is 14.3. The highest BCUT2D eigenvalue weighted by molar-refractivity contribution is 7.18. The average molecular weight is 369 g/mol. The van der Waals surface area contributed by atoms with Crippen molar-refractivity contribution >= 4 is 28.9 Å². The molecule has 0 atom stereocenters. The molecule has 1 aromatic carbocycles. The number of carboxylic acids is 1. The van der Waals surface area contributed by atoms with Crippen LogP contribution < -0.4 is 4.90 Å². The van der Waals surface area contributed by atoms with Crippen molar-refractivity contribution in [1.82, 2.24) is 0 Å². The summed E-state index contributed by atoms with van der Waals surface area (Å²) in [5.74, 6) is -0.609. The Balaban J connectivity index is 1.94. The zero-order chi connectivity index (χ0) is 18.5. The first-order valence-corrected chi connectivity index (χ1v) is 9.75. The molecule has 1 aliphatic rings. The van der Waals surface area contributed by atoms with Gasteiger partial charge in [0.05, 0.1) is 5.69 Å². The highest BCUT2D eigenvalue weighted by atomic mass is 32.1. The van der Waals surface area contributed by atoms with Crippen LogP contribution in [0.5, 0.6) is 0 Å². The van der Waals surface area contributed by atoms with Crippen LogP contribution in [-0.4, -0.2) is 23.5 Å². The zero-order valence-electron chi connectivity index (χ0n) is 14.7. The van der Waals surface area contributed by atoms with Gasteiger partial charge in [0, 0.05) is 17.8 Å². The number of carbonyl (C=O) groups is 2. The molecule has 136 valence electrons. The Morgan fingerprint density at radius 2 is 1.92 bits per heavy atom. The molecule has 1 amide bonds. The second-order valence-corrected chi connectivity index (χ2v) is 7.70. The summed E-state index contributed by atoms with van der Waals surface area (Å²) in [6, 6.07) is 11.5. The quantitative estimate of drug-likeness (QED) is 0.681. The van der Waals surface area contributed by atoms with E-state index in [1.165, 1.54) is 24.2 Å². The number of aromatic carboxylic acids is 1. The second-order valence-electron chi connectivity index (χ2n) is 6.64. The number of thiophene rings is 1. The Morgan fingerprint density at radius 1 is 1.23 bits per heavy atom. The molecule has 0 radical (unpaired) electrons. The van der Waals surface area contributed by atoms with Crippen LogP contribution in [0.2, 0.25) is 0 Å². The van der Waals surface area contributed by atoms with Crippen LogP contribution in [0, 0.1) is 5.92 Å². The minimum Gasteiger partial charge on any atom is -0.477 e. The van der Waals surface area contributed by atoms with E-state index in [0.29, 0.717) is 24.6 Å². The molecule has 4 nitrogen and oxygen atoms in total. The predicted molar refractivity (Wildman–Crippen MR) is 106 cm³/mol. The minimum atomic E-state index is -1.00. The van der Waals surface area contributed by atoms with E-state index >= 15 is 0 Å². The van der Waals surface area contributed by atoms with Crippen molar-refractivity contribution in [2.24, 2.45) is 5.92 Å². The van der Waals surface area contributed by atoms with Crippen LogP contribution in [-0.2, 0) is 4.79 Å². The van der Waals surface area contributed by atoms with Gasteiger partial charge in [0.2, 0.25) is 5.91 Å². The minimum absolute atomic E-state index is 0.0169. The lowest BCUT2D eigenvalue weighted by Gasteiger charge is -2.22. The van der Waals surface area contributed by atoms with Crippen LogP contribution in [0.25, 0.3) is 10.4 Å². The lowest BCUT2D eigenvalue weighted by Crippen LogP contribution is -2.32. The van der Waals surface area contributed by atoms with Crippen molar-refractivity contribution in [3.05, 3.63) is 53.9 Å². The molecule has 1 aromatic heterocycles. The summed E-state index contributed by atoms with van der Waals surface area (Å²) in [5.41, 5.74) is 1.43. The number of anilines is 1. The van der Waals surface area contributed by atoms with Crippen LogP contribution in [0.1, 0.15) is 41.8 Å². The number of amides is 1. The fourth-order valence-corrected chi connectivity index (χ4v) is 4.52. The number of nitrogens with zero attached hydrogens (tertiary/aromatic N) is 1. The maximum Gasteiger partial charge on any atom is 0.348 e. The summed E-state index contributed by atoms with van der Waals surface area (Å²) in [5, 5.41) is 9.66. The van der Waals surface area contributed by atoms with E-state index in [2.05, 4.69) is 6.58 Å². The first kappa shape index (κ1) is 18.4. The molecule has 0 aliphatic heterocycles. The average Bonchev–Trinajstić information content (AvgIpc) is 3.30. The maximum atomic E-state index is 12.9. The maximum absolute atomic E-state index is 12.9. The van der Waals surface area contributed by atoms with Crippen molar-refractivity contribution in [3.63, 3.8) is 0 Å². The number of carbonyl (C=O) groups excluding carboxylic acids is 1. The summed E-state index contributed by atoms with van der Waals surface area (Å²) in [7, 11) is 0. The third-order valence-electron chi connectivity index (χ3n) is 4.81. The van der Waals surface area contributed by atoms with E-state index in [9.17, 15) is 14.7 Å². The molecule has 1 fully saturated rings. The van der Waals surface area contributed by atoms with Gasteiger partial charge in [-0.1, -0.05) is 49.2 Å². The number of hydrogen-bond donors (Lipinski definition) is 1. The molecule has 5 heteroatoms. The Bertz CT molecular complexity index is 791. The molecule has 1 heterocycles. The topological polar surface area (TPSA) is 57.6 Å². The van der Waals surface area contributed by atoms with Crippen LogP contribution in [0.15, 0.2) is 49.1 Å². The van der Waals surface area contributed by atoms with Gasteiger partial charge in [0.25, 0.3) is 0 Å². The lowest BCUT2D eigenvalue weighted by molar-refractivity contribution is -0.119. The summed E-state index contributed by atoms with van der Waals surface area (Å²) < 4.78 is 0. The lowest BCUT2D eigenvalue weighted by atomic mass is 10.0. The number of rotatable bonds is 7. The molecule has 3 rings (SSSR count). The SMILES string of the molecule is C=CCN(C(=O)CC1CCCC1)c1cc(-c2ccccc2)sc1C(=O)O. The summed E-state index contributed by atoms with van der Waals surface area (Å²) in [6.45, 7) is 4.06. The summed E-state index contributed by atoms with van der Waals surface area (Å²) in [4.78, 5) is 27.3. The molecule has 2 aromatic rings. The first-order valence-electron chi connectivity index (χ1n) is 8.94. The highest BCUT2D eigenvalue weighted by Crippen LogP contribution is 2.38.